The number of halogens is 1. The SMILES string of the molecule is COc1ccc([C@H](C)NC(=O)c2ccccc2C)cc1F. The third kappa shape index (κ3) is 3.40. The van der Waals surface area contributed by atoms with Gasteiger partial charge in [0, 0.05) is 5.56 Å². The fraction of sp³-hybridized carbons (Fsp3) is 0.235. The van der Waals surface area contributed by atoms with Gasteiger partial charge in [0.1, 0.15) is 0 Å². The molecule has 1 atom stereocenters. The van der Waals surface area contributed by atoms with Crippen molar-refractivity contribution in [3.8, 4) is 5.75 Å². The minimum absolute atomic E-state index is 0.170. The smallest absolute Gasteiger partial charge is 0.252 e. The van der Waals surface area contributed by atoms with Crippen LogP contribution in [0, 0.1) is 12.7 Å². The zero-order valence-electron chi connectivity index (χ0n) is 12.3. The molecule has 2 aromatic rings. The highest BCUT2D eigenvalue weighted by Gasteiger charge is 2.14. The lowest BCUT2D eigenvalue weighted by Crippen LogP contribution is -2.27. The summed E-state index contributed by atoms with van der Waals surface area (Å²) in [7, 11) is 1.42. The number of carbonyl (C=O) groups is 1. The van der Waals surface area contributed by atoms with Crippen LogP contribution >= 0.6 is 0 Å². The fourth-order valence-corrected chi connectivity index (χ4v) is 2.14. The molecule has 4 heteroatoms. The van der Waals surface area contributed by atoms with Crippen LogP contribution in [0.2, 0.25) is 0 Å². The van der Waals surface area contributed by atoms with Crippen LogP contribution in [0.3, 0.4) is 0 Å². The molecule has 21 heavy (non-hydrogen) atoms. The van der Waals surface area contributed by atoms with Gasteiger partial charge in [0.25, 0.3) is 5.91 Å². The Morgan fingerprint density at radius 2 is 1.95 bits per heavy atom. The predicted octanol–water partition coefficient (Wildman–Crippen LogP) is 3.63. The minimum atomic E-state index is -0.438. The predicted molar refractivity (Wildman–Crippen MR) is 80.0 cm³/mol. The van der Waals surface area contributed by atoms with Crippen LogP contribution in [0.25, 0.3) is 0 Å². The van der Waals surface area contributed by atoms with Crippen molar-refractivity contribution in [2.45, 2.75) is 19.9 Å². The maximum Gasteiger partial charge on any atom is 0.252 e. The van der Waals surface area contributed by atoms with E-state index in [0.717, 1.165) is 5.56 Å². The number of rotatable bonds is 4. The van der Waals surface area contributed by atoms with Crippen molar-refractivity contribution in [1.29, 1.82) is 0 Å². The van der Waals surface area contributed by atoms with E-state index in [1.54, 1.807) is 18.2 Å². The van der Waals surface area contributed by atoms with Crippen molar-refractivity contribution < 1.29 is 13.9 Å². The zero-order chi connectivity index (χ0) is 15.4. The summed E-state index contributed by atoms with van der Waals surface area (Å²) in [5.41, 5.74) is 2.22. The molecular formula is C17H18FNO2. The van der Waals surface area contributed by atoms with Gasteiger partial charge in [-0.1, -0.05) is 24.3 Å². The van der Waals surface area contributed by atoms with E-state index in [-0.39, 0.29) is 17.7 Å². The van der Waals surface area contributed by atoms with Gasteiger partial charge in [-0.15, -0.1) is 0 Å². The van der Waals surface area contributed by atoms with Gasteiger partial charge in [-0.2, -0.15) is 0 Å². The second kappa shape index (κ2) is 6.39. The van der Waals surface area contributed by atoms with Crippen LogP contribution in [-0.4, -0.2) is 13.0 Å². The highest BCUT2D eigenvalue weighted by atomic mass is 19.1. The van der Waals surface area contributed by atoms with Gasteiger partial charge in [-0.05, 0) is 43.2 Å². The highest BCUT2D eigenvalue weighted by molar-refractivity contribution is 5.95. The maximum absolute atomic E-state index is 13.7. The Labute approximate surface area is 123 Å². The number of ether oxygens (including phenoxy) is 1. The van der Waals surface area contributed by atoms with E-state index in [0.29, 0.717) is 11.1 Å². The van der Waals surface area contributed by atoms with E-state index in [4.69, 9.17) is 4.74 Å². The molecule has 110 valence electrons. The Balaban J connectivity index is 2.14. The molecule has 0 saturated heterocycles. The molecule has 2 aromatic carbocycles. The molecule has 0 aliphatic heterocycles. The maximum atomic E-state index is 13.7. The number of benzene rings is 2. The molecule has 0 aromatic heterocycles. The number of methoxy groups -OCH3 is 1. The zero-order valence-corrected chi connectivity index (χ0v) is 12.3. The Bertz CT molecular complexity index is 655. The van der Waals surface area contributed by atoms with Crippen LogP contribution in [0.15, 0.2) is 42.5 Å². The standard InChI is InChI=1S/C17H18FNO2/c1-11-6-4-5-7-14(11)17(20)19-12(2)13-8-9-16(21-3)15(18)10-13/h4-10,12H,1-3H3,(H,19,20)/t12-/m0/s1. The van der Waals surface area contributed by atoms with Crippen molar-refractivity contribution in [2.75, 3.05) is 7.11 Å². The van der Waals surface area contributed by atoms with Gasteiger partial charge in [-0.3, -0.25) is 4.79 Å². The average molecular weight is 287 g/mol. The number of nitrogens with one attached hydrogen (secondary N) is 1. The van der Waals surface area contributed by atoms with Crippen LogP contribution in [0.1, 0.15) is 34.5 Å². The van der Waals surface area contributed by atoms with Crippen LogP contribution in [0.4, 0.5) is 4.39 Å². The first-order valence-electron chi connectivity index (χ1n) is 6.73. The molecule has 1 amide bonds. The third-order valence-electron chi connectivity index (χ3n) is 3.41. The summed E-state index contributed by atoms with van der Waals surface area (Å²) < 4.78 is 18.6. The van der Waals surface area contributed by atoms with Crippen LogP contribution < -0.4 is 10.1 Å². The van der Waals surface area contributed by atoms with Crippen LogP contribution in [-0.2, 0) is 0 Å². The Morgan fingerprint density at radius 3 is 2.57 bits per heavy atom. The Hall–Kier alpha value is -2.36. The molecule has 1 N–H and O–H groups in total. The van der Waals surface area contributed by atoms with E-state index in [1.807, 2.05) is 32.0 Å². The van der Waals surface area contributed by atoms with Gasteiger partial charge in [0.2, 0.25) is 0 Å². The molecule has 0 bridgehead atoms. The summed E-state index contributed by atoms with van der Waals surface area (Å²) in [6.45, 7) is 3.70. The van der Waals surface area contributed by atoms with Gasteiger partial charge < -0.3 is 10.1 Å². The van der Waals surface area contributed by atoms with Crippen molar-refractivity contribution >= 4 is 5.91 Å². The molecule has 3 nitrogen and oxygen atoms in total. The summed E-state index contributed by atoms with van der Waals surface area (Å²) in [4.78, 5) is 12.2. The summed E-state index contributed by atoms with van der Waals surface area (Å²) >= 11 is 0. The first kappa shape index (κ1) is 15.0. The monoisotopic (exact) mass is 287 g/mol. The normalized spacial score (nSPS) is 11.8. The molecule has 0 fully saturated rings. The lowest BCUT2D eigenvalue weighted by Gasteiger charge is -2.16. The molecule has 2 rings (SSSR count). The van der Waals surface area contributed by atoms with Gasteiger partial charge >= 0.3 is 0 Å². The minimum Gasteiger partial charge on any atom is -0.494 e. The highest BCUT2D eigenvalue weighted by Crippen LogP contribution is 2.22. The molecule has 0 aliphatic carbocycles. The van der Waals surface area contributed by atoms with E-state index in [9.17, 15) is 9.18 Å². The molecule has 0 unspecified atom stereocenters. The lowest BCUT2D eigenvalue weighted by atomic mass is 10.1. The van der Waals surface area contributed by atoms with Gasteiger partial charge in [0.05, 0.1) is 13.2 Å². The van der Waals surface area contributed by atoms with Crippen molar-refractivity contribution in [3.05, 3.63) is 65.0 Å². The third-order valence-corrected chi connectivity index (χ3v) is 3.41. The molecule has 0 spiro atoms. The summed E-state index contributed by atoms with van der Waals surface area (Å²) in [6.07, 6.45) is 0. The van der Waals surface area contributed by atoms with E-state index in [1.165, 1.54) is 13.2 Å². The van der Waals surface area contributed by atoms with E-state index in [2.05, 4.69) is 5.32 Å². The summed E-state index contributed by atoms with van der Waals surface area (Å²) in [6, 6.07) is 11.7. The number of hydrogen-bond donors (Lipinski definition) is 1. The second-order valence-corrected chi connectivity index (χ2v) is 4.90. The average Bonchev–Trinajstić information content (AvgIpc) is 2.47. The Kier molecular flexibility index (Phi) is 4.58. The van der Waals surface area contributed by atoms with Gasteiger partial charge in [-0.25, -0.2) is 4.39 Å². The van der Waals surface area contributed by atoms with Crippen LogP contribution in [0.5, 0.6) is 5.75 Å². The molecule has 0 aliphatic rings. The number of aryl methyl sites for hydroxylation is 1. The molecule has 0 radical (unpaired) electrons. The quantitative estimate of drug-likeness (QED) is 0.932. The number of amides is 1. The first-order chi connectivity index (χ1) is 10.0. The van der Waals surface area contributed by atoms with Gasteiger partial charge in [0.15, 0.2) is 11.6 Å². The lowest BCUT2D eigenvalue weighted by molar-refractivity contribution is 0.0939. The molecule has 0 saturated carbocycles. The second-order valence-electron chi connectivity index (χ2n) is 4.90. The Morgan fingerprint density at radius 1 is 1.24 bits per heavy atom. The number of hydrogen-bond acceptors (Lipinski definition) is 2. The topological polar surface area (TPSA) is 38.3 Å². The fourth-order valence-electron chi connectivity index (χ4n) is 2.14. The van der Waals surface area contributed by atoms with E-state index >= 15 is 0 Å². The van der Waals surface area contributed by atoms with Crippen molar-refractivity contribution in [3.63, 3.8) is 0 Å². The van der Waals surface area contributed by atoms with Crippen molar-refractivity contribution in [1.82, 2.24) is 5.32 Å². The molecule has 0 heterocycles. The first-order valence-corrected chi connectivity index (χ1v) is 6.73. The largest absolute Gasteiger partial charge is 0.494 e. The van der Waals surface area contributed by atoms with E-state index < -0.39 is 5.82 Å². The summed E-state index contributed by atoms with van der Waals surface area (Å²) in [5.74, 6) is -0.417. The summed E-state index contributed by atoms with van der Waals surface area (Å²) in [5, 5.41) is 2.87. The van der Waals surface area contributed by atoms with Crippen molar-refractivity contribution in [2.24, 2.45) is 0 Å². The molecular weight excluding hydrogens is 269 g/mol. The number of carbonyl (C=O) groups excluding carboxylic acids is 1.